The van der Waals surface area contributed by atoms with Gasteiger partial charge in [0.1, 0.15) is 0 Å². The van der Waals surface area contributed by atoms with Crippen LogP contribution >= 0.6 is 0 Å². The highest BCUT2D eigenvalue weighted by atomic mass is 16.2. The molecule has 3 N–H and O–H groups in total. The molecule has 0 aromatic rings. The van der Waals surface area contributed by atoms with Crippen LogP contribution in [0.3, 0.4) is 0 Å². The summed E-state index contributed by atoms with van der Waals surface area (Å²) in [6.07, 6.45) is 9.85. The lowest BCUT2D eigenvalue weighted by molar-refractivity contribution is -0.133. The van der Waals surface area contributed by atoms with E-state index in [-0.39, 0.29) is 11.3 Å². The zero-order valence-electron chi connectivity index (χ0n) is 12.9. The number of rotatable bonds is 4. The Kier molecular flexibility index (Phi) is 4.07. The third-order valence-corrected chi connectivity index (χ3v) is 6.51. The Bertz CT molecular complexity index is 360. The SMILES string of the molecule is CC1CCC(CN)(C(=O)NCC2CC3CCC2C3)CC1. The molecule has 0 aliphatic heterocycles. The average Bonchev–Trinajstić information content (AvgIpc) is 3.08. The van der Waals surface area contributed by atoms with Gasteiger partial charge in [0.05, 0.1) is 5.41 Å². The predicted octanol–water partition coefficient (Wildman–Crippen LogP) is 2.69. The first kappa shape index (κ1) is 14.4. The molecule has 3 unspecified atom stereocenters. The van der Waals surface area contributed by atoms with Gasteiger partial charge in [-0.15, -0.1) is 0 Å². The van der Waals surface area contributed by atoms with Gasteiger partial charge in [-0.2, -0.15) is 0 Å². The highest BCUT2D eigenvalue weighted by Crippen LogP contribution is 2.48. The Morgan fingerprint density at radius 3 is 2.50 bits per heavy atom. The van der Waals surface area contributed by atoms with Gasteiger partial charge >= 0.3 is 0 Å². The number of carbonyl (C=O) groups is 1. The minimum Gasteiger partial charge on any atom is -0.355 e. The summed E-state index contributed by atoms with van der Waals surface area (Å²) < 4.78 is 0. The van der Waals surface area contributed by atoms with Crippen LogP contribution in [0, 0.1) is 29.1 Å². The van der Waals surface area contributed by atoms with E-state index in [1.165, 1.54) is 25.7 Å². The van der Waals surface area contributed by atoms with Crippen molar-refractivity contribution >= 4 is 5.91 Å². The summed E-state index contributed by atoms with van der Waals surface area (Å²) in [4.78, 5) is 12.6. The van der Waals surface area contributed by atoms with Crippen LogP contribution in [0.1, 0.15) is 58.3 Å². The third-order valence-electron chi connectivity index (χ3n) is 6.51. The van der Waals surface area contributed by atoms with Crippen LogP contribution in [0.4, 0.5) is 0 Å². The molecule has 1 amide bonds. The van der Waals surface area contributed by atoms with Crippen LogP contribution < -0.4 is 11.1 Å². The van der Waals surface area contributed by atoms with Gasteiger partial charge in [0.15, 0.2) is 0 Å². The third kappa shape index (κ3) is 2.61. The fourth-order valence-corrected chi connectivity index (χ4v) is 4.88. The van der Waals surface area contributed by atoms with Crippen LogP contribution in [0.25, 0.3) is 0 Å². The van der Waals surface area contributed by atoms with Crippen molar-refractivity contribution in [3.8, 4) is 0 Å². The molecule has 3 rings (SSSR count). The lowest BCUT2D eigenvalue weighted by atomic mass is 9.70. The van der Waals surface area contributed by atoms with E-state index in [1.54, 1.807) is 0 Å². The van der Waals surface area contributed by atoms with E-state index in [4.69, 9.17) is 5.73 Å². The smallest absolute Gasteiger partial charge is 0.227 e. The number of nitrogens with two attached hydrogens (primary N) is 1. The molecule has 3 aliphatic carbocycles. The zero-order valence-corrected chi connectivity index (χ0v) is 12.9. The summed E-state index contributed by atoms with van der Waals surface area (Å²) in [7, 11) is 0. The Morgan fingerprint density at radius 1 is 1.20 bits per heavy atom. The minimum absolute atomic E-state index is 0.245. The molecule has 114 valence electrons. The molecule has 3 fully saturated rings. The minimum atomic E-state index is -0.260. The van der Waals surface area contributed by atoms with E-state index < -0.39 is 0 Å². The average molecular weight is 278 g/mol. The number of amides is 1. The molecular formula is C17H30N2O. The van der Waals surface area contributed by atoms with Gasteiger partial charge in [-0.1, -0.05) is 13.3 Å². The molecule has 3 nitrogen and oxygen atoms in total. The Hall–Kier alpha value is -0.570. The summed E-state index contributed by atoms with van der Waals surface area (Å²) in [5, 5.41) is 3.27. The van der Waals surface area contributed by atoms with Gasteiger partial charge in [0.2, 0.25) is 5.91 Å². The topological polar surface area (TPSA) is 55.1 Å². The monoisotopic (exact) mass is 278 g/mol. The molecular weight excluding hydrogens is 248 g/mol. The molecule has 0 aromatic carbocycles. The first-order valence-electron chi connectivity index (χ1n) is 8.61. The highest BCUT2D eigenvalue weighted by Gasteiger charge is 2.42. The van der Waals surface area contributed by atoms with Crippen molar-refractivity contribution in [3.05, 3.63) is 0 Å². The second-order valence-corrected chi connectivity index (χ2v) is 7.81. The van der Waals surface area contributed by atoms with Gasteiger partial charge < -0.3 is 11.1 Å². The summed E-state index contributed by atoms with van der Waals surface area (Å²) in [6.45, 7) is 3.70. The first-order valence-corrected chi connectivity index (χ1v) is 8.61. The quantitative estimate of drug-likeness (QED) is 0.830. The van der Waals surface area contributed by atoms with Gasteiger partial charge in [-0.3, -0.25) is 4.79 Å². The Morgan fingerprint density at radius 2 is 1.95 bits per heavy atom. The molecule has 3 saturated carbocycles. The maximum Gasteiger partial charge on any atom is 0.227 e. The zero-order chi connectivity index (χ0) is 14.2. The van der Waals surface area contributed by atoms with Crippen molar-refractivity contribution in [2.45, 2.75) is 58.3 Å². The molecule has 0 aromatic heterocycles. The van der Waals surface area contributed by atoms with E-state index in [2.05, 4.69) is 12.2 Å². The van der Waals surface area contributed by atoms with Crippen molar-refractivity contribution in [1.29, 1.82) is 0 Å². The molecule has 0 heterocycles. The number of hydrogen-bond donors (Lipinski definition) is 2. The fourth-order valence-electron chi connectivity index (χ4n) is 4.88. The molecule has 0 saturated heterocycles. The van der Waals surface area contributed by atoms with Crippen LogP contribution in [0.5, 0.6) is 0 Å². The van der Waals surface area contributed by atoms with E-state index in [0.29, 0.717) is 6.54 Å². The molecule has 2 bridgehead atoms. The molecule has 3 aliphatic rings. The van der Waals surface area contributed by atoms with E-state index in [1.807, 2.05) is 0 Å². The summed E-state index contributed by atoms with van der Waals surface area (Å²) >= 11 is 0. The van der Waals surface area contributed by atoms with E-state index >= 15 is 0 Å². The lowest BCUT2D eigenvalue weighted by Gasteiger charge is -2.37. The van der Waals surface area contributed by atoms with E-state index in [9.17, 15) is 4.79 Å². The molecule has 0 radical (unpaired) electrons. The van der Waals surface area contributed by atoms with Gasteiger partial charge in [0.25, 0.3) is 0 Å². The van der Waals surface area contributed by atoms with Crippen LogP contribution in [0.2, 0.25) is 0 Å². The number of hydrogen-bond acceptors (Lipinski definition) is 2. The van der Waals surface area contributed by atoms with Crippen molar-refractivity contribution < 1.29 is 4.79 Å². The van der Waals surface area contributed by atoms with Crippen molar-refractivity contribution in [2.24, 2.45) is 34.8 Å². The maximum atomic E-state index is 12.6. The fraction of sp³-hybridized carbons (Fsp3) is 0.941. The van der Waals surface area contributed by atoms with Gasteiger partial charge in [-0.05, 0) is 68.6 Å². The standard InChI is InChI=1S/C17H30N2O/c1-12-4-6-17(11-18,7-5-12)16(20)19-10-15-9-13-2-3-14(15)8-13/h12-15H,2-11,18H2,1H3,(H,19,20). The van der Waals surface area contributed by atoms with Crippen molar-refractivity contribution in [3.63, 3.8) is 0 Å². The van der Waals surface area contributed by atoms with Crippen LogP contribution in [-0.4, -0.2) is 19.0 Å². The molecule has 0 spiro atoms. The lowest BCUT2D eigenvalue weighted by Crippen LogP contribution is -2.49. The first-order chi connectivity index (χ1) is 9.63. The Balaban J connectivity index is 1.52. The van der Waals surface area contributed by atoms with Crippen LogP contribution in [-0.2, 0) is 4.79 Å². The van der Waals surface area contributed by atoms with Crippen molar-refractivity contribution in [2.75, 3.05) is 13.1 Å². The summed E-state index contributed by atoms with van der Waals surface area (Å²) in [6, 6.07) is 0. The highest BCUT2D eigenvalue weighted by molar-refractivity contribution is 5.83. The van der Waals surface area contributed by atoms with Gasteiger partial charge in [0, 0.05) is 13.1 Å². The Labute approximate surface area is 123 Å². The number of carbonyl (C=O) groups excluding carboxylic acids is 1. The maximum absolute atomic E-state index is 12.6. The second kappa shape index (κ2) is 5.67. The second-order valence-electron chi connectivity index (χ2n) is 7.81. The molecule has 3 atom stereocenters. The van der Waals surface area contributed by atoms with Gasteiger partial charge in [-0.25, -0.2) is 0 Å². The summed E-state index contributed by atoms with van der Waals surface area (Å²) in [5.74, 6) is 3.60. The molecule has 3 heteroatoms. The van der Waals surface area contributed by atoms with E-state index in [0.717, 1.165) is 55.9 Å². The number of nitrogens with one attached hydrogen (secondary N) is 1. The van der Waals surface area contributed by atoms with Crippen LogP contribution in [0.15, 0.2) is 0 Å². The normalized spacial score (nSPS) is 43.7. The number of fused-ring (bicyclic) bond motifs is 2. The van der Waals surface area contributed by atoms with Crippen molar-refractivity contribution in [1.82, 2.24) is 5.32 Å². The molecule has 20 heavy (non-hydrogen) atoms. The largest absolute Gasteiger partial charge is 0.355 e. The predicted molar refractivity (Wildman–Crippen MR) is 81.1 cm³/mol. The summed E-state index contributed by atoms with van der Waals surface area (Å²) in [5.41, 5.74) is 5.71.